The van der Waals surface area contributed by atoms with Gasteiger partial charge in [-0.3, -0.25) is 4.79 Å². The van der Waals surface area contributed by atoms with Crippen LogP contribution < -0.4 is 0 Å². The molecule has 1 aliphatic heterocycles. The van der Waals surface area contributed by atoms with Gasteiger partial charge in [-0.2, -0.15) is 5.26 Å². The highest BCUT2D eigenvalue weighted by Crippen LogP contribution is 2.49. The van der Waals surface area contributed by atoms with E-state index >= 15 is 0 Å². The molecule has 76 valence electrons. The molecule has 0 unspecified atom stereocenters. The maximum Gasteiger partial charge on any atom is 0.257 e. The van der Waals surface area contributed by atoms with Crippen molar-refractivity contribution in [2.45, 2.75) is 18.4 Å². The summed E-state index contributed by atoms with van der Waals surface area (Å²) in [5, 5.41) is 8.95. The summed E-state index contributed by atoms with van der Waals surface area (Å²) in [7, 11) is 1.80. The molecule has 0 saturated heterocycles. The van der Waals surface area contributed by atoms with Crippen molar-refractivity contribution < 1.29 is 9.21 Å². The van der Waals surface area contributed by atoms with Gasteiger partial charge in [-0.1, -0.05) is 0 Å². The van der Waals surface area contributed by atoms with Gasteiger partial charge in [-0.25, -0.2) is 0 Å². The molecular formula is C11H10N2O2. The van der Waals surface area contributed by atoms with Gasteiger partial charge in [0.15, 0.2) is 0 Å². The normalized spacial score (nSPS) is 32.7. The molecule has 1 aromatic rings. The molecule has 1 aliphatic carbocycles. The van der Waals surface area contributed by atoms with Crippen molar-refractivity contribution in [3.05, 3.63) is 23.7 Å². The minimum Gasteiger partial charge on any atom is -0.468 e. The molecule has 0 spiro atoms. The lowest BCUT2D eigenvalue weighted by molar-refractivity contribution is 0.0407. The fourth-order valence-corrected chi connectivity index (χ4v) is 2.61. The zero-order chi connectivity index (χ0) is 10.6. The Balaban J connectivity index is 2.11. The fourth-order valence-electron chi connectivity index (χ4n) is 2.61. The summed E-state index contributed by atoms with van der Waals surface area (Å²) in [6.45, 7) is 0. The van der Waals surface area contributed by atoms with Crippen molar-refractivity contribution in [3.63, 3.8) is 0 Å². The molecule has 1 saturated carbocycles. The quantitative estimate of drug-likeness (QED) is 0.638. The number of carbonyl (C=O) groups is 1. The Morgan fingerprint density at radius 1 is 1.67 bits per heavy atom. The predicted molar refractivity (Wildman–Crippen MR) is 51.1 cm³/mol. The number of furan rings is 1. The SMILES string of the molecule is CN1C(=O)c2ccoc2[C@@H]2[C@H]1C[C@@H]2C#N. The van der Waals surface area contributed by atoms with E-state index in [1.54, 1.807) is 18.0 Å². The second kappa shape index (κ2) is 2.63. The van der Waals surface area contributed by atoms with E-state index in [0.717, 1.165) is 6.42 Å². The molecule has 0 radical (unpaired) electrons. The first-order valence-corrected chi connectivity index (χ1v) is 4.98. The van der Waals surface area contributed by atoms with Crippen LogP contribution in [0.25, 0.3) is 0 Å². The lowest BCUT2D eigenvalue weighted by Gasteiger charge is -2.48. The average molecular weight is 202 g/mol. The number of likely N-dealkylation sites (N-methyl/N-ethyl adjacent to an activating group) is 1. The molecule has 1 fully saturated rings. The van der Waals surface area contributed by atoms with E-state index in [0.29, 0.717) is 11.3 Å². The maximum absolute atomic E-state index is 11.8. The van der Waals surface area contributed by atoms with Gasteiger partial charge in [-0.05, 0) is 12.5 Å². The van der Waals surface area contributed by atoms with E-state index in [1.165, 1.54) is 6.26 Å². The molecule has 0 aromatic carbocycles. The van der Waals surface area contributed by atoms with Crippen LogP contribution in [-0.4, -0.2) is 23.9 Å². The Kier molecular flexibility index (Phi) is 1.50. The van der Waals surface area contributed by atoms with Gasteiger partial charge in [0.05, 0.1) is 29.7 Å². The van der Waals surface area contributed by atoms with E-state index in [9.17, 15) is 4.79 Å². The topological polar surface area (TPSA) is 57.2 Å². The first kappa shape index (κ1) is 8.54. The molecular weight excluding hydrogens is 192 g/mol. The third kappa shape index (κ3) is 0.878. The molecule has 15 heavy (non-hydrogen) atoms. The highest BCUT2D eigenvalue weighted by molar-refractivity contribution is 5.97. The van der Waals surface area contributed by atoms with Crippen LogP contribution in [0.5, 0.6) is 0 Å². The van der Waals surface area contributed by atoms with Crippen molar-refractivity contribution >= 4 is 5.91 Å². The molecule has 0 N–H and O–H groups in total. The van der Waals surface area contributed by atoms with Crippen molar-refractivity contribution in [1.29, 1.82) is 5.26 Å². The van der Waals surface area contributed by atoms with E-state index in [4.69, 9.17) is 9.68 Å². The lowest BCUT2D eigenvalue weighted by Crippen LogP contribution is -2.54. The van der Waals surface area contributed by atoms with E-state index in [2.05, 4.69) is 6.07 Å². The number of amides is 1. The van der Waals surface area contributed by atoms with Crippen LogP contribution in [0.3, 0.4) is 0 Å². The number of carbonyl (C=O) groups excluding carboxylic acids is 1. The number of fused-ring (bicyclic) bond motifs is 3. The van der Waals surface area contributed by atoms with Crippen molar-refractivity contribution in [2.75, 3.05) is 7.05 Å². The summed E-state index contributed by atoms with van der Waals surface area (Å²) in [6, 6.07) is 4.11. The smallest absolute Gasteiger partial charge is 0.257 e. The Bertz CT molecular complexity index is 471. The molecule has 3 rings (SSSR count). The second-order valence-corrected chi connectivity index (χ2v) is 4.18. The van der Waals surface area contributed by atoms with Crippen LogP contribution in [-0.2, 0) is 0 Å². The Hall–Kier alpha value is -1.76. The highest BCUT2D eigenvalue weighted by atomic mass is 16.3. The molecule has 4 heteroatoms. The van der Waals surface area contributed by atoms with Crippen LogP contribution in [0, 0.1) is 17.2 Å². The highest BCUT2D eigenvalue weighted by Gasteiger charge is 2.52. The molecule has 2 heterocycles. The largest absolute Gasteiger partial charge is 0.468 e. The van der Waals surface area contributed by atoms with Crippen molar-refractivity contribution in [3.8, 4) is 6.07 Å². The number of hydrogen-bond acceptors (Lipinski definition) is 3. The number of rotatable bonds is 0. The van der Waals surface area contributed by atoms with Gasteiger partial charge in [-0.15, -0.1) is 0 Å². The van der Waals surface area contributed by atoms with Crippen LogP contribution in [0.2, 0.25) is 0 Å². The van der Waals surface area contributed by atoms with Crippen LogP contribution in [0.4, 0.5) is 0 Å². The van der Waals surface area contributed by atoms with Crippen molar-refractivity contribution in [2.24, 2.45) is 5.92 Å². The maximum atomic E-state index is 11.8. The van der Waals surface area contributed by atoms with Gasteiger partial charge in [0.25, 0.3) is 5.91 Å². The third-order valence-corrected chi connectivity index (χ3v) is 3.56. The minimum absolute atomic E-state index is 0.00421. The van der Waals surface area contributed by atoms with E-state index < -0.39 is 0 Å². The summed E-state index contributed by atoms with van der Waals surface area (Å²) in [6.07, 6.45) is 2.30. The summed E-state index contributed by atoms with van der Waals surface area (Å²) in [5.41, 5.74) is 0.624. The lowest BCUT2D eigenvalue weighted by atomic mass is 9.65. The van der Waals surface area contributed by atoms with Gasteiger partial charge in [0.2, 0.25) is 0 Å². The average Bonchev–Trinajstić information content (AvgIpc) is 2.63. The van der Waals surface area contributed by atoms with Crippen LogP contribution >= 0.6 is 0 Å². The molecule has 0 bridgehead atoms. The van der Waals surface area contributed by atoms with E-state index in [-0.39, 0.29) is 23.8 Å². The Labute approximate surface area is 87.1 Å². The van der Waals surface area contributed by atoms with Crippen LogP contribution in [0.15, 0.2) is 16.7 Å². The van der Waals surface area contributed by atoms with Crippen molar-refractivity contribution in [1.82, 2.24) is 4.90 Å². The van der Waals surface area contributed by atoms with Gasteiger partial charge < -0.3 is 9.32 Å². The number of hydrogen-bond donors (Lipinski definition) is 0. The summed E-state index contributed by atoms with van der Waals surface area (Å²) in [5.74, 6) is 0.801. The standard InChI is InChI=1S/C11H10N2O2/c1-13-8-4-6(5-12)9(8)10-7(11(13)14)2-3-15-10/h2-3,6,8-9H,4H2,1H3/t6-,8-,9+/m1/s1. The zero-order valence-corrected chi connectivity index (χ0v) is 8.30. The number of nitrogens with zero attached hydrogens (tertiary/aromatic N) is 2. The molecule has 2 aliphatic rings. The zero-order valence-electron chi connectivity index (χ0n) is 8.30. The second-order valence-electron chi connectivity index (χ2n) is 4.18. The summed E-state index contributed by atoms with van der Waals surface area (Å²) < 4.78 is 5.34. The molecule has 3 atom stereocenters. The van der Waals surface area contributed by atoms with Gasteiger partial charge >= 0.3 is 0 Å². The molecule has 4 nitrogen and oxygen atoms in total. The molecule has 1 amide bonds. The predicted octanol–water partition coefficient (Wildman–Crippen LogP) is 1.36. The first-order chi connectivity index (χ1) is 7.24. The van der Waals surface area contributed by atoms with Crippen LogP contribution in [0.1, 0.15) is 28.5 Å². The first-order valence-electron chi connectivity index (χ1n) is 4.98. The summed E-state index contributed by atoms with van der Waals surface area (Å²) >= 11 is 0. The fraction of sp³-hybridized carbons (Fsp3) is 0.455. The van der Waals surface area contributed by atoms with Gasteiger partial charge in [0, 0.05) is 13.1 Å². The van der Waals surface area contributed by atoms with E-state index in [1.807, 2.05) is 0 Å². The monoisotopic (exact) mass is 202 g/mol. The minimum atomic E-state index is -0.00421. The molecule has 1 aromatic heterocycles. The third-order valence-electron chi connectivity index (χ3n) is 3.56. The number of nitriles is 1. The van der Waals surface area contributed by atoms with Gasteiger partial charge in [0.1, 0.15) is 5.76 Å². The summed E-state index contributed by atoms with van der Waals surface area (Å²) in [4.78, 5) is 13.6. The Morgan fingerprint density at radius 2 is 2.47 bits per heavy atom. The Morgan fingerprint density at radius 3 is 3.20 bits per heavy atom.